The maximum absolute atomic E-state index is 12.7. The molecule has 1 amide bonds. The van der Waals surface area contributed by atoms with Gasteiger partial charge in [0, 0.05) is 42.6 Å². The predicted octanol–water partition coefficient (Wildman–Crippen LogP) is 4.44. The van der Waals surface area contributed by atoms with Gasteiger partial charge in [-0.3, -0.25) is 9.59 Å². The first-order valence-corrected chi connectivity index (χ1v) is 10.3. The van der Waals surface area contributed by atoms with Crippen LogP contribution in [0.1, 0.15) is 43.2 Å². The van der Waals surface area contributed by atoms with Crippen molar-refractivity contribution in [1.29, 1.82) is 0 Å². The van der Waals surface area contributed by atoms with E-state index in [2.05, 4.69) is 0 Å². The van der Waals surface area contributed by atoms with Crippen molar-refractivity contribution in [2.24, 2.45) is 0 Å². The molecule has 0 radical (unpaired) electrons. The summed E-state index contributed by atoms with van der Waals surface area (Å²) in [6.07, 6.45) is 4.51. The molecule has 0 spiro atoms. The Balaban J connectivity index is 1.46. The number of anilines is 1. The van der Waals surface area contributed by atoms with Gasteiger partial charge in [-0.05, 0) is 55.0 Å². The summed E-state index contributed by atoms with van der Waals surface area (Å²) in [6, 6.07) is 15.5. The van der Waals surface area contributed by atoms with Crippen molar-refractivity contribution in [3.8, 4) is 0 Å². The molecule has 1 unspecified atom stereocenters. The van der Waals surface area contributed by atoms with E-state index in [-0.39, 0.29) is 17.7 Å². The number of aryl methyl sites for hydroxylation is 1. The standard InChI is InChI=1S/C23H27ClN2O2/c24-22-6-2-1-4-18(22)16-20-5-3-15-26(20)23(28)14-13-21(27)12-9-17-7-10-19(25)11-8-17/h1-2,4,6-8,10-11,20H,3,5,9,12-16,25H2. The number of carbonyl (C=O) groups excluding carboxylic acids is 2. The van der Waals surface area contributed by atoms with E-state index in [1.54, 1.807) is 0 Å². The molecule has 2 aromatic carbocycles. The third-order valence-corrected chi connectivity index (χ3v) is 5.77. The lowest BCUT2D eigenvalue weighted by Gasteiger charge is -2.25. The minimum Gasteiger partial charge on any atom is -0.399 e. The van der Waals surface area contributed by atoms with Crippen LogP contribution in [0, 0.1) is 0 Å². The van der Waals surface area contributed by atoms with Gasteiger partial charge in [0.05, 0.1) is 0 Å². The average molecular weight is 399 g/mol. The van der Waals surface area contributed by atoms with Gasteiger partial charge in [-0.15, -0.1) is 0 Å². The number of hydrogen-bond donors (Lipinski definition) is 1. The SMILES string of the molecule is Nc1ccc(CCC(=O)CCC(=O)N2CCCC2Cc2ccccc2Cl)cc1. The molecule has 148 valence electrons. The Morgan fingerprint density at radius 1 is 1.04 bits per heavy atom. The molecule has 1 aliphatic rings. The number of likely N-dealkylation sites (tertiary alicyclic amines) is 1. The molecule has 3 rings (SSSR count). The Bertz CT molecular complexity index is 820. The van der Waals surface area contributed by atoms with E-state index in [0.29, 0.717) is 25.7 Å². The number of nitrogens with two attached hydrogens (primary N) is 1. The van der Waals surface area contributed by atoms with Gasteiger partial charge in [-0.1, -0.05) is 41.9 Å². The van der Waals surface area contributed by atoms with Gasteiger partial charge < -0.3 is 10.6 Å². The van der Waals surface area contributed by atoms with Gasteiger partial charge in [0.2, 0.25) is 5.91 Å². The number of amides is 1. The maximum Gasteiger partial charge on any atom is 0.223 e. The topological polar surface area (TPSA) is 63.4 Å². The van der Waals surface area contributed by atoms with Crippen LogP contribution in [0.4, 0.5) is 5.69 Å². The van der Waals surface area contributed by atoms with Gasteiger partial charge >= 0.3 is 0 Å². The molecule has 0 bridgehead atoms. The molecule has 2 aromatic rings. The maximum atomic E-state index is 12.7. The van der Waals surface area contributed by atoms with E-state index in [4.69, 9.17) is 17.3 Å². The van der Waals surface area contributed by atoms with Crippen LogP contribution in [0.5, 0.6) is 0 Å². The van der Waals surface area contributed by atoms with Crippen molar-refractivity contribution in [2.45, 2.75) is 51.0 Å². The summed E-state index contributed by atoms with van der Waals surface area (Å²) < 4.78 is 0. The Morgan fingerprint density at radius 2 is 1.79 bits per heavy atom. The van der Waals surface area contributed by atoms with Crippen molar-refractivity contribution in [1.82, 2.24) is 4.90 Å². The largest absolute Gasteiger partial charge is 0.399 e. The van der Waals surface area contributed by atoms with Crippen LogP contribution < -0.4 is 5.73 Å². The van der Waals surface area contributed by atoms with Gasteiger partial charge in [-0.25, -0.2) is 0 Å². The summed E-state index contributed by atoms with van der Waals surface area (Å²) in [6.45, 7) is 0.771. The zero-order chi connectivity index (χ0) is 19.9. The third-order valence-electron chi connectivity index (χ3n) is 5.40. The van der Waals surface area contributed by atoms with E-state index in [1.807, 2.05) is 53.4 Å². The molecule has 5 heteroatoms. The van der Waals surface area contributed by atoms with Gasteiger partial charge in [0.15, 0.2) is 0 Å². The number of carbonyl (C=O) groups is 2. The number of Topliss-reactive ketones (excluding diaryl/α,β-unsaturated/α-hetero) is 1. The predicted molar refractivity (Wildman–Crippen MR) is 113 cm³/mol. The first-order chi connectivity index (χ1) is 13.5. The molecule has 1 heterocycles. The molecule has 1 atom stereocenters. The molecule has 1 saturated heterocycles. The number of rotatable bonds is 8. The van der Waals surface area contributed by atoms with Crippen molar-refractivity contribution in [2.75, 3.05) is 12.3 Å². The Labute approximate surface area is 171 Å². The second-order valence-corrected chi connectivity index (χ2v) is 7.87. The lowest BCUT2D eigenvalue weighted by molar-refractivity contribution is -0.134. The Morgan fingerprint density at radius 3 is 2.54 bits per heavy atom. The molecule has 28 heavy (non-hydrogen) atoms. The molecule has 0 aliphatic carbocycles. The fourth-order valence-corrected chi connectivity index (χ4v) is 3.99. The minimum absolute atomic E-state index is 0.0791. The van der Waals surface area contributed by atoms with Crippen LogP contribution in [-0.2, 0) is 22.4 Å². The number of halogens is 1. The zero-order valence-electron chi connectivity index (χ0n) is 16.1. The van der Waals surface area contributed by atoms with E-state index >= 15 is 0 Å². The van der Waals surface area contributed by atoms with Gasteiger partial charge in [0.1, 0.15) is 5.78 Å². The van der Waals surface area contributed by atoms with E-state index in [1.165, 1.54) is 0 Å². The van der Waals surface area contributed by atoms with E-state index in [0.717, 1.165) is 47.6 Å². The van der Waals surface area contributed by atoms with E-state index < -0.39 is 0 Å². The van der Waals surface area contributed by atoms with Crippen molar-refractivity contribution < 1.29 is 9.59 Å². The lowest BCUT2D eigenvalue weighted by Crippen LogP contribution is -2.37. The normalized spacial score (nSPS) is 16.3. The second-order valence-electron chi connectivity index (χ2n) is 7.46. The van der Waals surface area contributed by atoms with Crippen LogP contribution in [0.2, 0.25) is 5.02 Å². The summed E-state index contributed by atoms with van der Waals surface area (Å²) in [5.41, 5.74) is 8.56. The molecule has 2 N–H and O–H groups in total. The highest BCUT2D eigenvalue weighted by molar-refractivity contribution is 6.31. The minimum atomic E-state index is 0.0791. The quantitative estimate of drug-likeness (QED) is 0.668. The van der Waals surface area contributed by atoms with Crippen LogP contribution in [0.25, 0.3) is 0 Å². The van der Waals surface area contributed by atoms with Gasteiger partial charge in [-0.2, -0.15) is 0 Å². The summed E-state index contributed by atoms with van der Waals surface area (Å²) in [5.74, 6) is 0.211. The number of nitrogen functional groups attached to an aromatic ring is 1. The van der Waals surface area contributed by atoms with Crippen molar-refractivity contribution in [3.05, 3.63) is 64.7 Å². The van der Waals surface area contributed by atoms with Crippen LogP contribution in [0.3, 0.4) is 0 Å². The average Bonchev–Trinajstić information content (AvgIpc) is 3.16. The molecular formula is C23H27ClN2O2. The van der Waals surface area contributed by atoms with Crippen molar-refractivity contribution in [3.63, 3.8) is 0 Å². The van der Waals surface area contributed by atoms with E-state index in [9.17, 15) is 9.59 Å². The fourth-order valence-electron chi connectivity index (χ4n) is 3.78. The van der Waals surface area contributed by atoms with Crippen LogP contribution in [0.15, 0.2) is 48.5 Å². The highest BCUT2D eigenvalue weighted by Crippen LogP contribution is 2.25. The summed E-state index contributed by atoms with van der Waals surface area (Å²) in [4.78, 5) is 26.8. The first kappa shape index (κ1) is 20.4. The molecule has 1 fully saturated rings. The Hall–Kier alpha value is -2.33. The number of benzene rings is 2. The summed E-state index contributed by atoms with van der Waals surface area (Å²) in [5, 5.41) is 0.750. The number of nitrogens with zero attached hydrogens (tertiary/aromatic N) is 1. The summed E-state index contributed by atoms with van der Waals surface area (Å²) >= 11 is 6.27. The molecule has 0 aromatic heterocycles. The van der Waals surface area contributed by atoms with Crippen molar-refractivity contribution >= 4 is 29.0 Å². The Kier molecular flexibility index (Phi) is 7.10. The smallest absolute Gasteiger partial charge is 0.223 e. The third kappa shape index (κ3) is 5.59. The highest BCUT2D eigenvalue weighted by Gasteiger charge is 2.29. The first-order valence-electron chi connectivity index (χ1n) is 9.92. The highest BCUT2D eigenvalue weighted by atomic mass is 35.5. The monoisotopic (exact) mass is 398 g/mol. The molecule has 4 nitrogen and oxygen atoms in total. The molecule has 0 saturated carbocycles. The zero-order valence-corrected chi connectivity index (χ0v) is 16.8. The summed E-state index contributed by atoms with van der Waals surface area (Å²) in [7, 11) is 0. The lowest BCUT2D eigenvalue weighted by atomic mass is 10.0. The number of ketones is 1. The van der Waals surface area contributed by atoms with Gasteiger partial charge in [0.25, 0.3) is 0 Å². The van der Waals surface area contributed by atoms with Crippen LogP contribution in [-0.4, -0.2) is 29.2 Å². The fraction of sp³-hybridized carbons (Fsp3) is 0.391. The molecule has 1 aliphatic heterocycles. The number of hydrogen-bond acceptors (Lipinski definition) is 3. The second kappa shape index (κ2) is 9.74. The van der Waals surface area contributed by atoms with Crippen LogP contribution >= 0.6 is 11.6 Å². The molecular weight excluding hydrogens is 372 g/mol.